The van der Waals surface area contributed by atoms with Crippen molar-refractivity contribution in [3.05, 3.63) is 76.9 Å². The summed E-state index contributed by atoms with van der Waals surface area (Å²) in [6.45, 7) is 4.14. The zero-order valence-electron chi connectivity index (χ0n) is 17.5. The molecule has 2 aromatic carbocycles. The Bertz CT molecular complexity index is 1150. The molecule has 2 fully saturated rings. The first kappa shape index (κ1) is 21.3. The predicted octanol–water partition coefficient (Wildman–Crippen LogP) is 3.42. The number of amides is 1. The highest BCUT2D eigenvalue weighted by atomic mass is 32.2. The van der Waals surface area contributed by atoms with Gasteiger partial charge in [-0.1, -0.05) is 68.4 Å². The number of carbonyl (C=O) groups excluding carboxylic acids is 2. The molecule has 0 aliphatic carbocycles. The van der Waals surface area contributed by atoms with Crippen molar-refractivity contribution >= 4 is 27.3 Å². The van der Waals surface area contributed by atoms with Crippen LogP contribution in [0.5, 0.6) is 0 Å². The van der Waals surface area contributed by atoms with Gasteiger partial charge in [0.2, 0.25) is 0 Å². The van der Waals surface area contributed by atoms with Gasteiger partial charge in [0.05, 0.1) is 23.1 Å². The maximum absolute atomic E-state index is 13.0. The summed E-state index contributed by atoms with van der Waals surface area (Å²) in [5.74, 6) is -1.68. The van der Waals surface area contributed by atoms with Crippen molar-refractivity contribution in [2.24, 2.45) is 0 Å². The summed E-state index contributed by atoms with van der Waals surface area (Å²) >= 11 is 0. The van der Waals surface area contributed by atoms with Crippen molar-refractivity contribution in [2.75, 3.05) is 11.5 Å². The molecule has 162 valence electrons. The lowest BCUT2D eigenvalue weighted by Gasteiger charge is -2.30. The topological polar surface area (TPSA) is 91.8 Å². The number of hydrogen-bond acceptors (Lipinski definition) is 5. The third kappa shape index (κ3) is 3.90. The minimum atomic E-state index is -3.27. The van der Waals surface area contributed by atoms with E-state index in [0.717, 1.165) is 5.56 Å². The minimum Gasteiger partial charge on any atom is -0.507 e. The number of likely N-dealkylation sites (tertiary alicyclic amines) is 1. The van der Waals surface area contributed by atoms with Crippen LogP contribution in [0.1, 0.15) is 48.9 Å². The van der Waals surface area contributed by atoms with E-state index in [1.807, 2.05) is 24.3 Å². The maximum Gasteiger partial charge on any atom is 0.295 e. The van der Waals surface area contributed by atoms with E-state index in [0.29, 0.717) is 17.0 Å². The lowest BCUT2D eigenvalue weighted by atomic mass is 9.92. The summed E-state index contributed by atoms with van der Waals surface area (Å²) in [6.07, 6.45) is 0.279. The number of carbonyl (C=O) groups is 2. The van der Waals surface area contributed by atoms with E-state index >= 15 is 0 Å². The fourth-order valence-corrected chi connectivity index (χ4v) is 6.07. The first-order valence-electron chi connectivity index (χ1n) is 10.4. The van der Waals surface area contributed by atoms with Crippen molar-refractivity contribution in [3.8, 4) is 0 Å². The fraction of sp³-hybridized carbons (Fsp3) is 0.333. The number of hydrogen-bond donors (Lipinski definition) is 1. The molecule has 7 heteroatoms. The Labute approximate surface area is 182 Å². The predicted molar refractivity (Wildman–Crippen MR) is 118 cm³/mol. The lowest BCUT2D eigenvalue weighted by molar-refractivity contribution is -0.141. The Morgan fingerprint density at radius 2 is 1.68 bits per heavy atom. The summed E-state index contributed by atoms with van der Waals surface area (Å²) in [6, 6.07) is 14.7. The highest BCUT2D eigenvalue weighted by Gasteiger charge is 2.50. The van der Waals surface area contributed by atoms with Crippen LogP contribution >= 0.6 is 0 Å². The molecule has 0 bridgehead atoms. The molecular formula is C24H25NO5S. The molecule has 2 atom stereocenters. The van der Waals surface area contributed by atoms with Crippen molar-refractivity contribution in [2.45, 2.75) is 38.3 Å². The Hall–Kier alpha value is -2.93. The summed E-state index contributed by atoms with van der Waals surface area (Å²) < 4.78 is 24.2. The molecule has 2 aliphatic rings. The van der Waals surface area contributed by atoms with E-state index in [1.54, 1.807) is 30.3 Å². The van der Waals surface area contributed by atoms with Crippen LogP contribution in [-0.2, 0) is 19.4 Å². The Balaban J connectivity index is 1.87. The quantitative estimate of drug-likeness (QED) is 0.448. The van der Waals surface area contributed by atoms with Gasteiger partial charge in [0.1, 0.15) is 5.76 Å². The number of rotatable bonds is 4. The first-order valence-corrected chi connectivity index (χ1v) is 12.2. The van der Waals surface area contributed by atoms with Gasteiger partial charge in [0.25, 0.3) is 11.7 Å². The van der Waals surface area contributed by atoms with E-state index in [9.17, 15) is 23.1 Å². The van der Waals surface area contributed by atoms with Crippen LogP contribution in [0, 0.1) is 0 Å². The van der Waals surface area contributed by atoms with E-state index < -0.39 is 33.6 Å². The molecule has 0 radical (unpaired) electrons. The summed E-state index contributed by atoms with van der Waals surface area (Å²) in [5, 5.41) is 11.0. The van der Waals surface area contributed by atoms with Crippen LogP contribution in [0.15, 0.2) is 60.2 Å². The molecule has 2 aliphatic heterocycles. The van der Waals surface area contributed by atoms with Crippen LogP contribution in [0.4, 0.5) is 0 Å². The lowest BCUT2D eigenvalue weighted by Crippen LogP contribution is -2.40. The standard InChI is InChI=1S/C24H25NO5S/c1-15(2)16-8-10-17(11-9-16)21-20(22(26)18-6-4-3-5-7-18)23(27)24(28)25(21)19-12-13-31(29,30)14-19/h3-11,15,19,21,26H,12-14H2,1-2H3/b22-20+. The third-order valence-electron chi connectivity index (χ3n) is 6.05. The van der Waals surface area contributed by atoms with Crippen LogP contribution in [0.2, 0.25) is 0 Å². The van der Waals surface area contributed by atoms with Gasteiger partial charge in [-0.3, -0.25) is 9.59 Å². The SMILES string of the molecule is CC(C)c1ccc(C2/C(=C(\O)c3ccccc3)C(=O)C(=O)N2C2CCS(=O)(=O)C2)cc1. The van der Waals surface area contributed by atoms with Gasteiger partial charge in [0.15, 0.2) is 9.84 Å². The van der Waals surface area contributed by atoms with Crippen LogP contribution < -0.4 is 0 Å². The number of sulfone groups is 1. The van der Waals surface area contributed by atoms with Gasteiger partial charge >= 0.3 is 0 Å². The second-order valence-electron chi connectivity index (χ2n) is 8.45. The van der Waals surface area contributed by atoms with E-state index in [1.165, 1.54) is 4.90 Å². The van der Waals surface area contributed by atoms with Gasteiger partial charge in [-0.05, 0) is 23.5 Å². The molecule has 0 aromatic heterocycles. The molecule has 4 rings (SSSR count). The molecule has 2 heterocycles. The molecule has 1 N–H and O–H groups in total. The first-order chi connectivity index (χ1) is 14.7. The average Bonchev–Trinajstić information content (AvgIpc) is 3.24. The van der Waals surface area contributed by atoms with Gasteiger partial charge in [-0.25, -0.2) is 8.42 Å². The monoisotopic (exact) mass is 439 g/mol. The van der Waals surface area contributed by atoms with E-state index in [2.05, 4.69) is 13.8 Å². The van der Waals surface area contributed by atoms with Crippen molar-refractivity contribution in [1.29, 1.82) is 0 Å². The van der Waals surface area contributed by atoms with Crippen LogP contribution in [0.25, 0.3) is 5.76 Å². The smallest absolute Gasteiger partial charge is 0.295 e. The number of nitrogens with zero attached hydrogens (tertiary/aromatic N) is 1. The molecule has 1 amide bonds. The van der Waals surface area contributed by atoms with Gasteiger partial charge in [-0.2, -0.15) is 0 Å². The zero-order valence-corrected chi connectivity index (χ0v) is 18.3. The Morgan fingerprint density at radius 3 is 2.23 bits per heavy atom. The second-order valence-corrected chi connectivity index (χ2v) is 10.7. The van der Waals surface area contributed by atoms with E-state index in [-0.39, 0.29) is 29.3 Å². The summed E-state index contributed by atoms with van der Waals surface area (Å²) in [7, 11) is -3.27. The van der Waals surface area contributed by atoms with Crippen LogP contribution in [0.3, 0.4) is 0 Å². The van der Waals surface area contributed by atoms with Crippen LogP contribution in [-0.4, -0.2) is 47.7 Å². The largest absolute Gasteiger partial charge is 0.507 e. The fourth-order valence-electron chi connectivity index (χ4n) is 4.36. The Morgan fingerprint density at radius 1 is 1.03 bits per heavy atom. The van der Waals surface area contributed by atoms with Crippen molar-refractivity contribution in [3.63, 3.8) is 0 Å². The molecule has 0 spiro atoms. The number of Topliss-reactive ketones (excluding diaryl/α,β-unsaturated/α-hetero) is 1. The van der Waals surface area contributed by atoms with Crippen molar-refractivity contribution < 1.29 is 23.1 Å². The molecule has 2 saturated heterocycles. The molecule has 31 heavy (non-hydrogen) atoms. The Kier molecular flexibility index (Phi) is 5.47. The number of aliphatic hydroxyl groups is 1. The molecule has 6 nitrogen and oxygen atoms in total. The van der Waals surface area contributed by atoms with E-state index in [4.69, 9.17) is 0 Å². The zero-order chi connectivity index (χ0) is 22.3. The third-order valence-corrected chi connectivity index (χ3v) is 7.80. The maximum atomic E-state index is 13.0. The highest BCUT2D eigenvalue weighted by molar-refractivity contribution is 7.91. The number of benzene rings is 2. The highest BCUT2D eigenvalue weighted by Crippen LogP contribution is 2.42. The van der Waals surface area contributed by atoms with Gasteiger partial charge in [-0.15, -0.1) is 0 Å². The van der Waals surface area contributed by atoms with Gasteiger partial charge in [0, 0.05) is 11.6 Å². The number of aliphatic hydroxyl groups excluding tert-OH is 1. The number of ketones is 1. The summed E-state index contributed by atoms with van der Waals surface area (Å²) in [4.78, 5) is 27.5. The summed E-state index contributed by atoms with van der Waals surface area (Å²) in [5.41, 5.74) is 2.21. The molecule has 2 unspecified atom stereocenters. The minimum absolute atomic E-state index is 0.00204. The van der Waals surface area contributed by atoms with Gasteiger partial charge < -0.3 is 10.0 Å². The normalized spacial score (nSPS) is 24.8. The average molecular weight is 440 g/mol. The second kappa shape index (κ2) is 7.96. The van der Waals surface area contributed by atoms with Crippen molar-refractivity contribution in [1.82, 2.24) is 4.90 Å². The molecule has 2 aromatic rings. The molecule has 0 saturated carbocycles. The molecular weight excluding hydrogens is 414 g/mol.